The molecule has 1 atom stereocenters. The molecule has 0 radical (unpaired) electrons. The number of carbonyl (C=O) groups excluding carboxylic acids is 1. The third-order valence-electron chi connectivity index (χ3n) is 1.83. The van der Waals surface area contributed by atoms with Crippen LogP contribution in [0, 0.1) is 0 Å². The van der Waals surface area contributed by atoms with Gasteiger partial charge in [-0.15, -0.1) is 0 Å². The van der Waals surface area contributed by atoms with Crippen LogP contribution in [0.2, 0.25) is 0 Å². The molecule has 1 aliphatic carbocycles. The first-order valence-electron chi connectivity index (χ1n) is 2.92. The molecule has 0 amide bonds. The molecule has 0 saturated heterocycles. The van der Waals surface area contributed by atoms with E-state index >= 15 is 0 Å². The first-order chi connectivity index (χ1) is 4.62. The molecule has 0 aliphatic heterocycles. The summed E-state index contributed by atoms with van der Waals surface area (Å²) in [5.41, 5.74) is -0.688. The molecule has 1 aliphatic rings. The molecule has 1 saturated carbocycles. The summed E-state index contributed by atoms with van der Waals surface area (Å²) < 4.78 is 21.7. The van der Waals surface area contributed by atoms with Crippen LogP contribution in [-0.4, -0.2) is 31.9 Å². The molecule has 0 aromatic rings. The molecule has 0 heterocycles. The topological polar surface area (TPSA) is 60.4 Å². The lowest BCUT2D eigenvalue weighted by Gasteiger charge is -2.24. The number of nitrogens with zero attached hydrogens (tertiary/aromatic N) is 1. The summed E-state index contributed by atoms with van der Waals surface area (Å²) in [5, 5.41) is 0. The van der Waals surface area contributed by atoms with Crippen LogP contribution in [0.3, 0.4) is 0 Å². The third-order valence-corrected chi connectivity index (χ3v) is 2.64. The Balaban J connectivity index is 2.64. The maximum Gasteiger partial charge on any atom is 0.141 e. The van der Waals surface area contributed by atoms with Gasteiger partial charge in [0.25, 0.3) is 0 Å². The van der Waals surface area contributed by atoms with Gasteiger partial charge in [-0.2, -0.15) is 0 Å². The van der Waals surface area contributed by atoms with E-state index in [1.54, 1.807) is 0 Å². The van der Waals surface area contributed by atoms with Gasteiger partial charge in [0, 0.05) is 11.3 Å². The number of carbonyl (C=O) groups is 1. The molecule has 0 spiro atoms. The van der Waals surface area contributed by atoms with Gasteiger partial charge >= 0.3 is 0 Å². The number of likely N-dealkylation sites (N-methyl/N-ethyl adjacent to an activating group) is 1. The third kappa shape index (κ3) is 1.12. The summed E-state index contributed by atoms with van der Waals surface area (Å²) in [5.74, 6) is 0. The van der Waals surface area contributed by atoms with Crippen LogP contribution in [0.25, 0.3) is 0 Å². The molecule has 1 rings (SSSR count). The molecule has 0 bridgehead atoms. The van der Waals surface area contributed by atoms with Crippen molar-refractivity contribution in [1.82, 2.24) is 4.31 Å². The van der Waals surface area contributed by atoms with Gasteiger partial charge in [-0.1, -0.05) is 0 Å². The Morgan fingerprint density at radius 2 is 2.20 bits per heavy atom. The predicted molar refractivity (Wildman–Crippen MR) is 34.7 cm³/mol. The van der Waals surface area contributed by atoms with E-state index in [1.165, 1.54) is 7.05 Å². The van der Waals surface area contributed by atoms with Gasteiger partial charge in [-0.05, 0) is 19.9 Å². The van der Waals surface area contributed by atoms with E-state index in [1.807, 2.05) is 0 Å². The zero-order chi connectivity index (χ0) is 7.78. The smallest absolute Gasteiger partial charge is 0.141 e. The van der Waals surface area contributed by atoms with Crippen LogP contribution >= 0.6 is 0 Å². The molecule has 1 unspecified atom stereocenters. The van der Waals surface area contributed by atoms with Crippen molar-refractivity contribution >= 4 is 17.6 Å². The van der Waals surface area contributed by atoms with Gasteiger partial charge < -0.3 is 9.35 Å². The summed E-state index contributed by atoms with van der Waals surface area (Å²) >= 11 is -2.27. The predicted octanol–water partition coefficient (Wildman–Crippen LogP) is -0.556. The summed E-state index contributed by atoms with van der Waals surface area (Å²) in [6.07, 6.45) is 2.00. The number of rotatable bonds is 3. The molecule has 0 aromatic carbocycles. The highest BCUT2D eigenvalue weighted by atomic mass is 32.2. The number of hydrogen-bond acceptors (Lipinski definition) is 3. The first-order valence-corrected chi connectivity index (χ1v) is 3.95. The zero-order valence-electron chi connectivity index (χ0n) is 5.57. The number of aldehydes is 1. The van der Waals surface area contributed by atoms with E-state index in [0.717, 1.165) is 4.31 Å². The normalized spacial score (nSPS) is 24.3. The average molecular weight is 162 g/mol. The Bertz CT molecular complexity index is 178. The molecule has 10 heavy (non-hydrogen) atoms. The van der Waals surface area contributed by atoms with Gasteiger partial charge in [-0.25, -0.2) is 4.31 Å². The van der Waals surface area contributed by atoms with E-state index in [2.05, 4.69) is 0 Å². The van der Waals surface area contributed by atoms with Gasteiger partial charge in [0.1, 0.15) is 6.29 Å². The monoisotopic (exact) mass is 162 g/mol. The average Bonchev–Trinajstić information content (AvgIpc) is 2.66. The van der Waals surface area contributed by atoms with Gasteiger partial charge in [-0.3, -0.25) is 4.21 Å². The molecule has 0 N–H and O–H groups in total. The van der Waals surface area contributed by atoms with Gasteiger partial charge in [0.2, 0.25) is 0 Å². The summed E-state index contributed by atoms with van der Waals surface area (Å²) in [4.78, 5) is 10.3. The standard InChI is InChI=1S/C5H9NO3S/c1-6(10(8)9)5(4-7)2-3-5/h4H,2-3H2,1H3,(H,8,9)/p-1. The fourth-order valence-corrected chi connectivity index (χ4v) is 1.31. The minimum absolute atomic E-state index is 0.654. The van der Waals surface area contributed by atoms with Crippen molar-refractivity contribution in [1.29, 1.82) is 0 Å². The van der Waals surface area contributed by atoms with Crippen LogP contribution in [0.5, 0.6) is 0 Å². The highest BCUT2D eigenvalue weighted by Gasteiger charge is 2.47. The molecule has 58 valence electrons. The molecule has 1 fully saturated rings. The fourth-order valence-electron chi connectivity index (χ4n) is 0.783. The Morgan fingerprint density at radius 1 is 1.70 bits per heavy atom. The summed E-state index contributed by atoms with van der Waals surface area (Å²) in [7, 11) is 1.41. The second-order valence-electron chi connectivity index (χ2n) is 2.44. The van der Waals surface area contributed by atoms with Crippen molar-refractivity contribution in [3.05, 3.63) is 0 Å². The zero-order valence-corrected chi connectivity index (χ0v) is 6.39. The second kappa shape index (κ2) is 2.41. The van der Waals surface area contributed by atoms with Crippen molar-refractivity contribution in [2.45, 2.75) is 18.4 Å². The van der Waals surface area contributed by atoms with Crippen LogP contribution in [-0.2, 0) is 16.1 Å². The van der Waals surface area contributed by atoms with E-state index in [9.17, 15) is 13.6 Å². The lowest BCUT2D eigenvalue weighted by atomic mass is 10.3. The van der Waals surface area contributed by atoms with Crippen LogP contribution in [0.4, 0.5) is 0 Å². The summed E-state index contributed by atoms with van der Waals surface area (Å²) in [6, 6.07) is 0. The van der Waals surface area contributed by atoms with Crippen molar-refractivity contribution in [2.24, 2.45) is 0 Å². The van der Waals surface area contributed by atoms with E-state index in [0.29, 0.717) is 19.1 Å². The van der Waals surface area contributed by atoms with Crippen molar-refractivity contribution in [3.63, 3.8) is 0 Å². The largest absolute Gasteiger partial charge is 0.760 e. The second-order valence-corrected chi connectivity index (χ2v) is 3.42. The molecule has 4 nitrogen and oxygen atoms in total. The molecular formula is C5H8NO3S-. The highest BCUT2D eigenvalue weighted by Crippen LogP contribution is 2.39. The highest BCUT2D eigenvalue weighted by molar-refractivity contribution is 7.76. The number of hydrogen-bond donors (Lipinski definition) is 0. The van der Waals surface area contributed by atoms with Crippen molar-refractivity contribution < 1.29 is 13.6 Å². The molecule has 5 heteroatoms. The maximum atomic E-state index is 10.3. The Kier molecular flexibility index (Phi) is 1.89. The van der Waals surface area contributed by atoms with Gasteiger partial charge in [0.05, 0.1) is 5.54 Å². The van der Waals surface area contributed by atoms with E-state index in [-0.39, 0.29) is 0 Å². The lowest BCUT2D eigenvalue weighted by molar-refractivity contribution is -0.111. The minimum Gasteiger partial charge on any atom is -0.760 e. The quantitative estimate of drug-likeness (QED) is 0.413. The lowest BCUT2D eigenvalue weighted by Crippen LogP contribution is -2.36. The first kappa shape index (κ1) is 7.84. The Hall–Kier alpha value is -0.260. The van der Waals surface area contributed by atoms with E-state index < -0.39 is 16.8 Å². The SMILES string of the molecule is CN(S(=O)[O-])C1(C=O)CC1. The summed E-state index contributed by atoms with van der Waals surface area (Å²) in [6.45, 7) is 0. The molecule has 0 aromatic heterocycles. The van der Waals surface area contributed by atoms with Crippen molar-refractivity contribution in [2.75, 3.05) is 7.05 Å². The Labute approximate surface area is 61.6 Å². The van der Waals surface area contributed by atoms with Crippen LogP contribution in [0.1, 0.15) is 12.8 Å². The van der Waals surface area contributed by atoms with Gasteiger partial charge in [0.15, 0.2) is 0 Å². The fraction of sp³-hybridized carbons (Fsp3) is 0.800. The minimum atomic E-state index is -2.27. The maximum absolute atomic E-state index is 10.3. The Morgan fingerprint density at radius 3 is 2.30 bits per heavy atom. The van der Waals surface area contributed by atoms with Crippen LogP contribution in [0.15, 0.2) is 0 Å². The van der Waals surface area contributed by atoms with Crippen LogP contribution < -0.4 is 0 Å². The van der Waals surface area contributed by atoms with E-state index in [4.69, 9.17) is 0 Å². The molecular weight excluding hydrogens is 154 g/mol. The van der Waals surface area contributed by atoms with Crippen molar-refractivity contribution in [3.8, 4) is 0 Å².